The molecule has 110 valence electrons. The molecule has 7 nitrogen and oxygen atoms in total. The summed E-state index contributed by atoms with van der Waals surface area (Å²) in [5, 5.41) is 8.97. The number of amides is 1. The van der Waals surface area contributed by atoms with Gasteiger partial charge in [0, 0.05) is 13.2 Å². The first-order valence-electron chi connectivity index (χ1n) is 6.25. The first kappa shape index (κ1) is 14.7. The molecule has 1 amide bonds. The molecule has 2 rings (SSSR count). The molecule has 0 radical (unpaired) electrons. The van der Waals surface area contributed by atoms with E-state index >= 15 is 0 Å². The molecule has 2 heterocycles. The molecule has 0 fully saturated rings. The van der Waals surface area contributed by atoms with Gasteiger partial charge in [0.25, 0.3) is 5.91 Å². The van der Waals surface area contributed by atoms with Gasteiger partial charge in [-0.05, 0) is 19.9 Å². The number of carboxylic acids is 1. The van der Waals surface area contributed by atoms with E-state index in [1.54, 1.807) is 20.9 Å². The average molecular weight is 289 g/mol. The predicted molar refractivity (Wildman–Crippen MR) is 73.0 cm³/mol. The summed E-state index contributed by atoms with van der Waals surface area (Å²) in [6.07, 6.45) is 2.92. The normalized spacial score (nSPS) is 10.4. The van der Waals surface area contributed by atoms with Crippen molar-refractivity contribution in [1.82, 2.24) is 14.9 Å². The Hall–Kier alpha value is -2.70. The molecule has 0 bridgehead atoms. The fraction of sp³-hybridized carbons (Fsp3) is 0.286. The molecule has 0 atom stereocenters. The summed E-state index contributed by atoms with van der Waals surface area (Å²) in [5.74, 6) is -0.649. The number of carboxylic acid groups (broad SMARTS) is 1. The zero-order valence-corrected chi connectivity index (χ0v) is 12.0. The van der Waals surface area contributed by atoms with Crippen LogP contribution in [0.25, 0.3) is 0 Å². The maximum atomic E-state index is 12.2. The van der Waals surface area contributed by atoms with E-state index in [1.165, 1.54) is 23.4 Å². The minimum absolute atomic E-state index is 0.0981. The number of aryl methyl sites for hydroxylation is 2. The largest absolute Gasteiger partial charge is 0.478 e. The van der Waals surface area contributed by atoms with Crippen molar-refractivity contribution in [3.05, 3.63) is 46.9 Å². The van der Waals surface area contributed by atoms with E-state index in [2.05, 4.69) is 9.97 Å². The number of nitrogens with zero attached hydrogens (tertiary/aromatic N) is 3. The lowest BCUT2D eigenvalue weighted by atomic mass is 10.2. The lowest BCUT2D eigenvalue weighted by molar-refractivity contribution is 0.0694. The van der Waals surface area contributed by atoms with E-state index < -0.39 is 5.97 Å². The number of hydrogen-bond donors (Lipinski definition) is 1. The van der Waals surface area contributed by atoms with Gasteiger partial charge in [-0.2, -0.15) is 0 Å². The molecule has 0 aliphatic carbocycles. The topological polar surface area (TPSA) is 96.5 Å². The Labute approximate surface area is 121 Å². The van der Waals surface area contributed by atoms with Crippen LogP contribution in [0, 0.1) is 13.8 Å². The van der Waals surface area contributed by atoms with Gasteiger partial charge in [0.05, 0.1) is 18.4 Å². The Morgan fingerprint density at radius 3 is 2.52 bits per heavy atom. The molecule has 2 aromatic rings. The van der Waals surface area contributed by atoms with Crippen LogP contribution in [0.1, 0.15) is 38.1 Å². The Balaban J connectivity index is 2.12. The third-order valence-electron chi connectivity index (χ3n) is 2.94. The van der Waals surface area contributed by atoms with Crippen LogP contribution in [0.5, 0.6) is 0 Å². The third kappa shape index (κ3) is 3.25. The molecule has 0 saturated carbocycles. The highest BCUT2D eigenvalue weighted by molar-refractivity contribution is 5.92. The predicted octanol–water partition coefficient (Wildman–Crippen LogP) is 1.66. The summed E-state index contributed by atoms with van der Waals surface area (Å²) in [4.78, 5) is 32.5. The van der Waals surface area contributed by atoms with E-state index in [9.17, 15) is 9.59 Å². The summed E-state index contributed by atoms with van der Waals surface area (Å²) in [6.45, 7) is 3.51. The smallest absolute Gasteiger partial charge is 0.339 e. The highest BCUT2D eigenvalue weighted by Crippen LogP contribution is 2.16. The molecule has 0 unspecified atom stereocenters. The van der Waals surface area contributed by atoms with Crippen molar-refractivity contribution in [2.24, 2.45) is 0 Å². The fourth-order valence-corrected chi connectivity index (χ4v) is 1.84. The van der Waals surface area contributed by atoms with Gasteiger partial charge in [-0.15, -0.1) is 0 Å². The van der Waals surface area contributed by atoms with E-state index in [0.29, 0.717) is 11.5 Å². The summed E-state index contributed by atoms with van der Waals surface area (Å²) < 4.78 is 5.34. The second-order valence-corrected chi connectivity index (χ2v) is 4.69. The van der Waals surface area contributed by atoms with Gasteiger partial charge in [-0.1, -0.05) is 0 Å². The van der Waals surface area contributed by atoms with Crippen molar-refractivity contribution in [2.45, 2.75) is 20.4 Å². The van der Waals surface area contributed by atoms with E-state index in [-0.39, 0.29) is 23.7 Å². The van der Waals surface area contributed by atoms with Crippen LogP contribution in [0.3, 0.4) is 0 Å². The van der Waals surface area contributed by atoms with Gasteiger partial charge < -0.3 is 14.4 Å². The van der Waals surface area contributed by atoms with Crippen molar-refractivity contribution >= 4 is 11.9 Å². The Morgan fingerprint density at radius 1 is 1.29 bits per heavy atom. The van der Waals surface area contributed by atoms with Crippen molar-refractivity contribution in [3.8, 4) is 0 Å². The third-order valence-corrected chi connectivity index (χ3v) is 2.94. The van der Waals surface area contributed by atoms with E-state index in [1.807, 2.05) is 0 Å². The fourth-order valence-electron chi connectivity index (χ4n) is 1.84. The molecule has 0 aliphatic heterocycles. The maximum absolute atomic E-state index is 12.2. The second kappa shape index (κ2) is 5.74. The molecule has 0 saturated heterocycles. The minimum Gasteiger partial charge on any atom is -0.478 e. The first-order chi connectivity index (χ1) is 9.88. The quantitative estimate of drug-likeness (QED) is 0.919. The number of hydrogen-bond acceptors (Lipinski definition) is 5. The van der Waals surface area contributed by atoms with Crippen molar-refractivity contribution in [1.29, 1.82) is 0 Å². The van der Waals surface area contributed by atoms with Gasteiger partial charge in [0.2, 0.25) is 0 Å². The number of carbonyl (C=O) groups is 2. The van der Waals surface area contributed by atoms with Crippen molar-refractivity contribution in [2.75, 3.05) is 7.05 Å². The van der Waals surface area contributed by atoms with E-state index in [0.717, 1.165) is 5.69 Å². The number of aromatic nitrogens is 2. The highest BCUT2D eigenvalue weighted by atomic mass is 16.4. The van der Waals surface area contributed by atoms with Crippen LogP contribution in [0.2, 0.25) is 0 Å². The number of aromatic carboxylic acids is 1. The number of carbonyl (C=O) groups excluding carboxylic acids is 1. The Morgan fingerprint density at radius 2 is 2.00 bits per heavy atom. The molecule has 0 spiro atoms. The standard InChI is InChI=1S/C14H15N3O4/c1-8-5-16-12(6-15-8)13(18)17(3)7-10-4-11(14(19)20)9(2)21-10/h4-6H,7H2,1-3H3,(H,19,20). The lowest BCUT2D eigenvalue weighted by Gasteiger charge is -2.14. The Bertz CT molecular complexity index is 676. The monoisotopic (exact) mass is 289 g/mol. The first-order valence-corrected chi connectivity index (χ1v) is 6.25. The molecule has 7 heteroatoms. The molecule has 0 aromatic carbocycles. The van der Waals surface area contributed by atoms with Crippen LogP contribution >= 0.6 is 0 Å². The lowest BCUT2D eigenvalue weighted by Crippen LogP contribution is -2.27. The zero-order chi connectivity index (χ0) is 15.6. The van der Waals surface area contributed by atoms with Crippen LogP contribution in [-0.2, 0) is 6.54 Å². The Kier molecular flexibility index (Phi) is 4.02. The van der Waals surface area contributed by atoms with Crippen molar-refractivity contribution < 1.29 is 19.1 Å². The summed E-state index contributed by atoms with van der Waals surface area (Å²) in [7, 11) is 1.59. The summed E-state index contributed by atoms with van der Waals surface area (Å²) in [5.41, 5.74) is 1.05. The van der Waals surface area contributed by atoms with Gasteiger partial charge in [0.15, 0.2) is 0 Å². The average Bonchev–Trinajstić information content (AvgIpc) is 2.79. The molecule has 0 aliphatic rings. The van der Waals surface area contributed by atoms with Crippen LogP contribution in [0.4, 0.5) is 0 Å². The van der Waals surface area contributed by atoms with Gasteiger partial charge in [-0.3, -0.25) is 9.78 Å². The molecular weight excluding hydrogens is 274 g/mol. The highest BCUT2D eigenvalue weighted by Gasteiger charge is 2.18. The van der Waals surface area contributed by atoms with Crippen LogP contribution < -0.4 is 0 Å². The molecule has 2 aromatic heterocycles. The van der Waals surface area contributed by atoms with Crippen molar-refractivity contribution in [3.63, 3.8) is 0 Å². The minimum atomic E-state index is -1.05. The second-order valence-electron chi connectivity index (χ2n) is 4.69. The van der Waals surface area contributed by atoms with Crippen LogP contribution in [0.15, 0.2) is 22.9 Å². The summed E-state index contributed by atoms with van der Waals surface area (Å²) >= 11 is 0. The molecular formula is C14H15N3O4. The number of furan rings is 1. The van der Waals surface area contributed by atoms with Gasteiger partial charge >= 0.3 is 5.97 Å². The molecule has 21 heavy (non-hydrogen) atoms. The summed E-state index contributed by atoms with van der Waals surface area (Å²) in [6, 6.07) is 1.42. The van der Waals surface area contributed by atoms with Gasteiger partial charge in [-0.25, -0.2) is 9.78 Å². The maximum Gasteiger partial charge on any atom is 0.339 e. The SMILES string of the molecule is Cc1cnc(C(=O)N(C)Cc2cc(C(=O)O)c(C)o2)cn1. The van der Waals surface area contributed by atoms with E-state index in [4.69, 9.17) is 9.52 Å². The van der Waals surface area contributed by atoms with Gasteiger partial charge in [0.1, 0.15) is 22.8 Å². The zero-order valence-electron chi connectivity index (χ0n) is 12.0. The number of rotatable bonds is 4. The molecule has 1 N–H and O–H groups in total. The van der Waals surface area contributed by atoms with Crippen LogP contribution in [-0.4, -0.2) is 38.9 Å².